The van der Waals surface area contributed by atoms with Crippen molar-refractivity contribution in [2.45, 2.75) is 18.9 Å². The molecule has 0 aliphatic carbocycles. The van der Waals surface area contributed by atoms with Crippen molar-refractivity contribution in [3.8, 4) is 0 Å². The molecule has 1 aromatic heterocycles. The van der Waals surface area contributed by atoms with Crippen LogP contribution in [0.4, 0.5) is 0 Å². The molecule has 0 amide bonds. The van der Waals surface area contributed by atoms with E-state index in [9.17, 15) is 0 Å². The van der Waals surface area contributed by atoms with Gasteiger partial charge in [0.15, 0.2) is 5.84 Å². The molecular weight excluding hydrogens is 226 g/mol. The average Bonchev–Trinajstić information content (AvgIpc) is 2.93. The molecule has 0 saturated carbocycles. The van der Waals surface area contributed by atoms with Gasteiger partial charge in [-0.2, -0.15) is 0 Å². The fourth-order valence-corrected chi connectivity index (χ4v) is 2.08. The van der Waals surface area contributed by atoms with Crippen molar-refractivity contribution >= 4 is 5.84 Å². The van der Waals surface area contributed by atoms with Crippen LogP contribution in [-0.2, 0) is 12.0 Å². The Morgan fingerprint density at radius 2 is 1.83 bits per heavy atom. The van der Waals surface area contributed by atoms with Crippen LogP contribution in [0.2, 0.25) is 0 Å². The molecule has 0 radical (unpaired) electrons. The number of benzene rings is 1. The zero-order valence-electron chi connectivity index (χ0n) is 10.3. The summed E-state index contributed by atoms with van der Waals surface area (Å²) in [6, 6.07) is 13.9. The number of rotatable bonds is 4. The number of hydrogen-bond acceptors (Lipinski definition) is 2. The SMILES string of the molecule is C[C@](Cc1ccccc1)(C(N)=NO)n1cccc1. The first-order chi connectivity index (χ1) is 8.66. The third-order valence-electron chi connectivity index (χ3n) is 3.23. The molecule has 0 fully saturated rings. The van der Waals surface area contributed by atoms with Crippen molar-refractivity contribution in [2.24, 2.45) is 10.9 Å². The highest BCUT2D eigenvalue weighted by Gasteiger charge is 2.31. The van der Waals surface area contributed by atoms with Crippen molar-refractivity contribution in [3.05, 3.63) is 60.4 Å². The van der Waals surface area contributed by atoms with Gasteiger partial charge in [0, 0.05) is 18.8 Å². The van der Waals surface area contributed by atoms with Crippen LogP contribution < -0.4 is 5.73 Å². The minimum absolute atomic E-state index is 0.197. The Morgan fingerprint density at radius 3 is 2.39 bits per heavy atom. The summed E-state index contributed by atoms with van der Waals surface area (Å²) in [5.41, 5.74) is 6.44. The van der Waals surface area contributed by atoms with Crippen molar-refractivity contribution in [1.29, 1.82) is 0 Å². The van der Waals surface area contributed by atoms with Crippen LogP contribution >= 0.6 is 0 Å². The summed E-state index contributed by atoms with van der Waals surface area (Å²) >= 11 is 0. The molecule has 0 saturated heterocycles. The van der Waals surface area contributed by atoms with E-state index in [0.717, 1.165) is 5.56 Å². The standard InChI is InChI=1S/C14H17N3O/c1-14(13(15)16-18,17-9-5-6-10-17)11-12-7-3-2-4-8-12/h2-10,18H,11H2,1H3,(H2,15,16)/t14-/m0/s1. The molecule has 0 aliphatic heterocycles. The van der Waals surface area contributed by atoms with Gasteiger partial charge in [-0.15, -0.1) is 0 Å². The number of hydrogen-bond donors (Lipinski definition) is 2. The largest absolute Gasteiger partial charge is 0.409 e. The minimum Gasteiger partial charge on any atom is -0.409 e. The molecule has 94 valence electrons. The second-order valence-electron chi connectivity index (χ2n) is 4.51. The number of aromatic nitrogens is 1. The predicted octanol–water partition coefficient (Wildman–Crippen LogP) is 2.19. The van der Waals surface area contributed by atoms with Crippen LogP contribution in [0.15, 0.2) is 60.0 Å². The maximum absolute atomic E-state index is 9.00. The molecular formula is C14H17N3O. The first-order valence-electron chi connectivity index (χ1n) is 5.82. The van der Waals surface area contributed by atoms with E-state index < -0.39 is 5.54 Å². The van der Waals surface area contributed by atoms with E-state index in [0.29, 0.717) is 6.42 Å². The average molecular weight is 243 g/mol. The van der Waals surface area contributed by atoms with Crippen LogP contribution in [0.5, 0.6) is 0 Å². The van der Waals surface area contributed by atoms with E-state index in [1.165, 1.54) is 0 Å². The molecule has 4 nitrogen and oxygen atoms in total. The summed E-state index contributed by atoms with van der Waals surface area (Å²) in [5.74, 6) is 0.197. The highest BCUT2D eigenvalue weighted by atomic mass is 16.4. The van der Waals surface area contributed by atoms with E-state index in [1.807, 2.05) is 66.3 Å². The molecule has 0 aliphatic rings. The summed E-state index contributed by atoms with van der Waals surface area (Å²) in [5, 5.41) is 12.2. The fourth-order valence-electron chi connectivity index (χ4n) is 2.08. The van der Waals surface area contributed by atoms with E-state index in [2.05, 4.69) is 5.16 Å². The summed E-state index contributed by atoms with van der Waals surface area (Å²) < 4.78 is 1.95. The number of nitrogens with two attached hydrogens (primary N) is 1. The first kappa shape index (κ1) is 12.2. The summed E-state index contributed by atoms with van der Waals surface area (Å²) in [7, 11) is 0. The Morgan fingerprint density at radius 1 is 1.22 bits per heavy atom. The van der Waals surface area contributed by atoms with Gasteiger partial charge in [-0.1, -0.05) is 35.5 Å². The zero-order valence-corrected chi connectivity index (χ0v) is 10.3. The van der Waals surface area contributed by atoms with Gasteiger partial charge in [0.05, 0.1) is 0 Å². The van der Waals surface area contributed by atoms with Crippen LogP contribution in [0.25, 0.3) is 0 Å². The third kappa shape index (κ3) is 2.22. The van der Waals surface area contributed by atoms with E-state index in [4.69, 9.17) is 10.9 Å². The fraction of sp³-hybridized carbons (Fsp3) is 0.214. The van der Waals surface area contributed by atoms with Crippen LogP contribution in [-0.4, -0.2) is 15.6 Å². The molecule has 4 heteroatoms. The Bertz CT molecular complexity index is 519. The topological polar surface area (TPSA) is 63.5 Å². The van der Waals surface area contributed by atoms with Crippen molar-refractivity contribution in [2.75, 3.05) is 0 Å². The molecule has 3 N–H and O–H groups in total. The molecule has 0 bridgehead atoms. The molecule has 0 spiro atoms. The normalized spacial score (nSPS) is 15.3. The third-order valence-corrected chi connectivity index (χ3v) is 3.23. The minimum atomic E-state index is -0.570. The lowest BCUT2D eigenvalue weighted by Crippen LogP contribution is -2.45. The monoisotopic (exact) mass is 243 g/mol. The van der Waals surface area contributed by atoms with Crippen LogP contribution in [0.3, 0.4) is 0 Å². The Kier molecular flexibility index (Phi) is 3.37. The van der Waals surface area contributed by atoms with Gasteiger partial charge in [-0.05, 0) is 24.6 Å². The molecule has 0 unspecified atom stereocenters. The van der Waals surface area contributed by atoms with Crippen LogP contribution in [0.1, 0.15) is 12.5 Å². The lowest BCUT2D eigenvalue weighted by Gasteiger charge is -2.30. The lowest BCUT2D eigenvalue weighted by molar-refractivity contribution is 0.303. The van der Waals surface area contributed by atoms with Gasteiger partial charge < -0.3 is 15.5 Å². The highest BCUT2D eigenvalue weighted by molar-refractivity contribution is 5.87. The highest BCUT2D eigenvalue weighted by Crippen LogP contribution is 2.22. The maximum Gasteiger partial charge on any atom is 0.165 e. The van der Waals surface area contributed by atoms with E-state index in [1.54, 1.807) is 0 Å². The molecule has 18 heavy (non-hydrogen) atoms. The molecule has 1 atom stereocenters. The predicted molar refractivity (Wildman–Crippen MR) is 71.6 cm³/mol. The van der Waals surface area contributed by atoms with E-state index >= 15 is 0 Å². The summed E-state index contributed by atoms with van der Waals surface area (Å²) in [6.45, 7) is 1.95. The molecule has 2 rings (SSSR count). The smallest absolute Gasteiger partial charge is 0.165 e. The maximum atomic E-state index is 9.00. The Hall–Kier alpha value is -2.23. The Labute approximate surface area is 106 Å². The van der Waals surface area contributed by atoms with Gasteiger partial charge >= 0.3 is 0 Å². The van der Waals surface area contributed by atoms with Gasteiger partial charge in [0.25, 0.3) is 0 Å². The van der Waals surface area contributed by atoms with Crippen LogP contribution in [0, 0.1) is 0 Å². The van der Waals surface area contributed by atoms with Crippen molar-refractivity contribution < 1.29 is 5.21 Å². The Balaban J connectivity index is 2.38. The molecule has 1 heterocycles. The summed E-state index contributed by atoms with van der Waals surface area (Å²) in [4.78, 5) is 0. The number of oxime groups is 1. The van der Waals surface area contributed by atoms with Gasteiger partial charge in [-0.3, -0.25) is 0 Å². The lowest BCUT2D eigenvalue weighted by atomic mass is 9.91. The number of amidine groups is 1. The van der Waals surface area contributed by atoms with E-state index in [-0.39, 0.29) is 5.84 Å². The van der Waals surface area contributed by atoms with Gasteiger partial charge in [0.2, 0.25) is 0 Å². The van der Waals surface area contributed by atoms with Crippen molar-refractivity contribution in [1.82, 2.24) is 4.57 Å². The quantitative estimate of drug-likeness (QED) is 0.374. The number of nitrogens with zero attached hydrogens (tertiary/aromatic N) is 2. The van der Waals surface area contributed by atoms with Gasteiger partial charge in [-0.25, -0.2) is 0 Å². The zero-order chi connectivity index (χ0) is 13.0. The second kappa shape index (κ2) is 4.96. The first-order valence-corrected chi connectivity index (χ1v) is 5.82. The van der Waals surface area contributed by atoms with Gasteiger partial charge in [0.1, 0.15) is 5.54 Å². The second-order valence-corrected chi connectivity index (χ2v) is 4.51. The summed E-state index contributed by atoms with van der Waals surface area (Å²) in [6.07, 6.45) is 4.50. The molecule has 2 aromatic rings. The van der Waals surface area contributed by atoms with Crippen molar-refractivity contribution in [3.63, 3.8) is 0 Å². The molecule has 1 aromatic carbocycles.